The molecular formula is C25H28N2O4. The van der Waals surface area contributed by atoms with Crippen LogP contribution >= 0.6 is 0 Å². The van der Waals surface area contributed by atoms with Gasteiger partial charge in [-0.05, 0) is 61.9 Å². The number of aryl methyl sites for hydroxylation is 2. The molecule has 0 radical (unpaired) electrons. The number of methoxy groups -OCH3 is 2. The van der Waals surface area contributed by atoms with Crippen molar-refractivity contribution in [1.82, 2.24) is 4.90 Å². The van der Waals surface area contributed by atoms with Gasteiger partial charge in [0.05, 0.1) is 25.5 Å². The highest BCUT2D eigenvalue weighted by atomic mass is 16.5. The number of piperidine rings is 1. The van der Waals surface area contributed by atoms with E-state index in [1.807, 2.05) is 32.0 Å². The molecule has 1 saturated heterocycles. The molecule has 0 N–H and O–H groups in total. The van der Waals surface area contributed by atoms with Gasteiger partial charge in [0, 0.05) is 19.2 Å². The Morgan fingerprint density at radius 1 is 0.806 bits per heavy atom. The van der Waals surface area contributed by atoms with Crippen molar-refractivity contribution >= 4 is 23.1 Å². The summed E-state index contributed by atoms with van der Waals surface area (Å²) in [5.41, 5.74) is 4.39. The Kier molecular flexibility index (Phi) is 5.72. The Balaban J connectivity index is 1.85. The van der Waals surface area contributed by atoms with Crippen LogP contribution in [0.25, 0.3) is 5.57 Å². The molecule has 0 saturated carbocycles. The Morgan fingerprint density at radius 2 is 1.55 bits per heavy atom. The monoisotopic (exact) mass is 420 g/mol. The first kappa shape index (κ1) is 21.0. The van der Waals surface area contributed by atoms with Crippen molar-refractivity contribution < 1.29 is 19.1 Å². The van der Waals surface area contributed by atoms with Gasteiger partial charge in [-0.25, -0.2) is 4.90 Å². The van der Waals surface area contributed by atoms with Crippen molar-refractivity contribution in [3.8, 4) is 11.5 Å². The topological polar surface area (TPSA) is 59.1 Å². The van der Waals surface area contributed by atoms with E-state index >= 15 is 0 Å². The van der Waals surface area contributed by atoms with E-state index in [-0.39, 0.29) is 11.8 Å². The third-order valence-corrected chi connectivity index (χ3v) is 6.16. The molecule has 6 heteroatoms. The molecule has 162 valence electrons. The minimum Gasteiger partial charge on any atom is -0.497 e. The first-order valence-corrected chi connectivity index (χ1v) is 10.6. The van der Waals surface area contributed by atoms with Gasteiger partial charge >= 0.3 is 0 Å². The Labute approximate surface area is 183 Å². The molecule has 0 aromatic heterocycles. The summed E-state index contributed by atoms with van der Waals surface area (Å²) in [5, 5.41) is 0. The van der Waals surface area contributed by atoms with Crippen molar-refractivity contribution in [1.29, 1.82) is 0 Å². The van der Waals surface area contributed by atoms with E-state index in [1.54, 1.807) is 25.3 Å². The number of carbonyl (C=O) groups excluding carboxylic acids is 2. The molecule has 0 spiro atoms. The molecule has 2 amide bonds. The largest absolute Gasteiger partial charge is 0.497 e. The van der Waals surface area contributed by atoms with E-state index in [0.717, 1.165) is 49.0 Å². The number of ether oxygens (including phenoxy) is 2. The maximum absolute atomic E-state index is 13.7. The van der Waals surface area contributed by atoms with Crippen LogP contribution in [0.4, 0.5) is 5.69 Å². The van der Waals surface area contributed by atoms with Gasteiger partial charge in [0.15, 0.2) is 0 Å². The lowest BCUT2D eigenvalue weighted by atomic mass is 9.98. The van der Waals surface area contributed by atoms with Crippen molar-refractivity contribution in [2.24, 2.45) is 0 Å². The van der Waals surface area contributed by atoms with Gasteiger partial charge < -0.3 is 14.4 Å². The highest BCUT2D eigenvalue weighted by Gasteiger charge is 2.43. The standard InChI is InChI=1S/C25H28N2O4/c1-16-8-9-18(14-17(16)2)22-23(26-12-6-5-7-13-26)25(29)27(24(22)28)20-11-10-19(30-3)15-21(20)31-4/h8-11,14-15H,5-7,12-13H2,1-4H3. The van der Waals surface area contributed by atoms with Crippen LogP contribution < -0.4 is 14.4 Å². The fourth-order valence-electron chi connectivity index (χ4n) is 4.27. The number of carbonyl (C=O) groups is 2. The fourth-order valence-corrected chi connectivity index (χ4v) is 4.27. The lowest BCUT2D eigenvalue weighted by molar-refractivity contribution is -0.120. The molecule has 1 fully saturated rings. The molecule has 2 heterocycles. The van der Waals surface area contributed by atoms with Crippen LogP contribution in [-0.2, 0) is 9.59 Å². The summed E-state index contributed by atoms with van der Waals surface area (Å²) in [6, 6.07) is 11.0. The molecule has 0 atom stereocenters. The number of anilines is 1. The Bertz CT molecular complexity index is 1070. The highest BCUT2D eigenvalue weighted by Crippen LogP contribution is 2.40. The van der Waals surface area contributed by atoms with E-state index in [9.17, 15) is 9.59 Å². The Hall–Kier alpha value is -3.28. The second-order valence-electron chi connectivity index (χ2n) is 8.05. The minimum atomic E-state index is -0.322. The molecule has 0 unspecified atom stereocenters. The van der Waals surface area contributed by atoms with Crippen LogP contribution in [0, 0.1) is 13.8 Å². The molecule has 0 bridgehead atoms. The predicted octanol–water partition coefficient (Wildman–Crippen LogP) is 4.09. The molecule has 6 nitrogen and oxygen atoms in total. The zero-order valence-electron chi connectivity index (χ0n) is 18.5. The van der Waals surface area contributed by atoms with Gasteiger partial charge in [-0.3, -0.25) is 9.59 Å². The molecule has 2 aromatic carbocycles. The van der Waals surface area contributed by atoms with Crippen LogP contribution in [0.1, 0.15) is 36.0 Å². The SMILES string of the molecule is COc1ccc(N2C(=O)C(c3ccc(C)c(C)c3)=C(N3CCCCC3)C2=O)c(OC)c1. The minimum absolute atomic E-state index is 0.302. The molecule has 2 aliphatic rings. The van der Waals surface area contributed by atoms with Crippen molar-refractivity contribution in [2.75, 3.05) is 32.2 Å². The number of imide groups is 1. The summed E-state index contributed by atoms with van der Waals surface area (Å²) in [4.78, 5) is 30.7. The number of hydrogen-bond acceptors (Lipinski definition) is 5. The summed E-state index contributed by atoms with van der Waals surface area (Å²) in [5.74, 6) is 0.388. The quantitative estimate of drug-likeness (QED) is 0.682. The summed E-state index contributed by atoms with van der Waals surface area (Å²) >= 11 is 0. The van der Waals surface area contributed by atoms with Gasteiger partial charge in [-0.15, -0.1) is 0 Å². The zero-order chi connectivity index (χ0) is 22.1. The number of amides is 2. The van der Waals surface area contributed by atoms with Crippen LogP contribution in [0.15, 0.2) is 42.1 Å². The third-order valence-electron chi connectivity index (χ3n) is 6.16. The molecule has 0 aliphatic carbocycles. The average Bonchev–Trinajstić information content (AvgIpc) is 3.05. The van der Waals surface area contributed by atoms with Crippen molar-refractivity contribution in [3.05, 3.63) is 58.8 Å². The molecule has 2 aliphatic heterocycles. The Morgan fingerprint density at radius 3 is 2.19 bits per heavy atom. The van der Waals surface area contributed by atoms with E-state index in [2.05, 4.69) is 4.90 Å². The number of rotatable bonds is 5. The molecule has 31 heavy (non-hydrogen) atoms. The number of benzene rings is 2. The summed E-state index contributed by atoms with van der Waals surface area (Å²) in [6.07, 6.45) is 3.16. The fraction of sp³-hybridized carbons (Fsp3) is 0.360. The summed E-state index contributed by atoms with van der Waals surface area (Å²) in [6.45, 7) is 5.60. The van der Waals surface area contributed by atoms with Gasteiger partial charge in [-0.1, -0.05) is 18.2 Å². The van der Waals surface area contributed by atoms with Gasteiger partial charge in [0.1, 0.15) is 17.2 Å². The average molecular weight is 421 g/mol. The van der Waals surface area contributed by atoms with Gasteiger partial charge in [0.25, 0.3) is 11.8 Å². The zero-order valence-corrected chi connectivity index (χ0v) is 18.5. The van der Waals surface area contributed by atoms with Crippen molar-refractivity contribution in [2.45, 2.75) is 33.1 Å². The lowest BCUT2D eigenvalue weighted by Crippen LogP contribution is -2.37. The van der Waals surface area contributed by atoms with Crippen LogP contribution in [0.3, 0.4) is 0 Å². The van der Waals surface area contributed by atoms with Crippen molar-refractivity contribution in [3.63, 3.8) is 0 Å². The first-order chi connectivity index (χ1) is 15.0. The van der Waals surface area contributed by atoms with Crippen LogP contribution in [0.2, 0.25) is 0 Å². The highest BCUT2D eigenvalue weighted by molar-refractivity contribution is 6.45. The van der Waals surface area contributed by atoms with Gasteiger partial charge in [-0.2, -0.15) is 0 Å². The van der Waals surface area contributed by atoms with E-state index in [4.69, 9.17) is 9.47 Å². The number of likely N-dealkylation sites (tertiary alicyclic amines) is 1. The number of nitrogens with zero attached hydrogens (tertiary/aromatic N) is 2. The first-order valence-electron chi connectivity index (χ1n) is 10.6. The number of hydrogen-bond donors (Lipinski definition) is 0. The maximum atomic E-state index is 13.7. The summed E-state index contributed by atoms with van der Waals surface area (Å²) in [7, 11) is 3.08. The second-order valence-corrected chi connectivity index (χ2v) is 8.05. The molecule has 4 rings (SSSR count). The lowest BCUT2D eigenvalue weighted by Gasteiger charge is -2.29. The van der Waals surface area contributed by atoms with E-state index in [0.29, 0.717) is 28.5 Å². The van der Waals surface area contributed by atoms with E-state index in [1.165, 1.54) is 12.0 Å². The second kappa shape index (κ2) is 8.46. The summed E-state index contributed by atoms with van der Waals surface area (Å²) < 4.78 is 10.8. The predicted molar refractivity (Wildman–Crippen MR) is 120 cm³/mol. The molecule has 2 aromatic rings. The maximum Gasteiger partial charge on any atom is 0.282 e. The van der Waals surface area contributed by atoms with Gasteiger partial charge in [0.2, 0.25) is 0 Å². The normalized spacial score (nSPS) is 16.9. The molecular weight excluding hydrogens is 392 g/mol. The van der Waals surface area contributed by atoms with Crippen LogP contribution in [0.5, 0.6) is 11.5 Å². The smallest absolute Gasteiger partial charge is 0.282 e. The van der Waals surface area contributed by atoms with Crippen LogP contribution in [-0.4, -0.2) is 44.0 Å². The van der Waals surface area contributed by atoms with E-state index < -0.39 is 0 Å². The third kappa shape index (κ3) is 3.67.